The van der Waals surface area contributed by atoms with Crippen LogP contribution in [0.25, 0.3) is 0 Å². The predicted octanol–water partition coefficient (Wildman–Crippen LogP) is 4.23. The minimum Gasteiger partial charge on any atom is -0.474 e. The molecule has 0 saturated carbocycles. The minimum atomic E-state index is -0.327. The molecule has 1 aromatic carbocycles. The fourth-order valence-electron chi connectivity index (χ4n) is 2.54. The van der Waals surface area contributed by atoms with Gasteiger partial charge in [0.2, 0.25) is 5.90 Å². The quantitative estimate of drug-likeness (QED) is 0.777. The smallest absolute Gasteiger partial charge is 0.233 e. The van der Waals surface area contributed by atoms with Gasteiger partial charge in [0.1, 0.15) is 18.1 Å². The molecule has 0 bridgehead atoms. The molecule has 1 aliphatic heterocycles. The molecule has 1 aromatic heterocycles. The zero-order chi connectivity index (χ0) is 16.2. The lowest BCUT2D eigenvalue weighted by Gasteiger charge is -2.10. The Balaban J connectivity index is 1.77. The normalized spacial score (nSPS) is 17.2. The van der Waals surface area contributed by atoms with Crippen LogP contribution in [0, 0.1) is 5.82 Å². The zero-order valence-electron chi connectivity index (χ0n) is 12.8. The fraction of sp³-hybridized carbons (Fsp3) is 0.353. The van der Waals surface area contributed by atoms with Crippen LogP contribution in [0.2, 0.25) is 5.02 Å². The molecule has 0 unspecified atom stereocenters. The number of thioether (sulfide) groups is 1. The van der Waals surface area contributed by atoms with Crippen LogP contribution in [0.4, 0.5) is 4.39 Å². The van der Waals surface area contributed by atoms with Crippen molar-refractivity contribution in [1.29, 1.82) is 0 Å². The number of hydrogen-bond donors (Lipinski definition) is 0. The molecule has 6 heteroatoms. The van der Waals surface area contributed by atoms with Crippen molar-refractivity contribution in [3.8, 4) is 0 Å². The van der Waals surface area contributed by atoms with Gasteiger partial charge < -0.3 is 9.30 Å². The molecule has 0 amide bonds. The monoisotopic (exact) mass is 352 g/mol. The summed E-state index contributed by atoms with van der Waals surface area (Å²) in [5.74, 6) is 1.43. The van der Waals surface area contributed by atoms with Crippen LogP contribution >= 0.6 is 23.4 Å². The van der Waals surface area contributed by atoms with Crippen LogP contribution in [-0.4, -0.2) is 35.1 Å². The molecule has 23 heavy (non-hydrogen) atoms. The largest absolute Gasteiger partial charge is 0.474 e. The van der Waals surface area contributed by atoms with Gasteiger partial charge in [-0.2, -0.15) is 11.8 Å². The van der Waals surface area contributed by atoms with E-state index < -0.39 is 0 Å². The fourth-order valence-corrected chi connectivity index (χ4v) is 3.27. The molecule has 0 N–H and O–H groups in total. The molecular formula is C17H18ClFN2OS. The Morgan fingerprint density at radius 3 is 3.09 bits per heavy atom. The van der Waals surface area contributed by atoms with E-state index in [0.29, 0.717) is 24.1 Å². The standard InChI is InChI=1S/C17H18ClFN2OS/c1-23-8-6-14-11-22-17(20-14)16-3-2-7-21(16)10-12-4-5-13(19)9-15(12)18/h2-5,7,9,14H,6,8,10-11H2,1H3/t14-/m0/s1. The summed E-state index contributed by atoms with van der Waals surface area (Å²) in [5.41, 5.74) is 1.79. The van der Waals surface area contributed by atoms with Crippen molar-refractivity contribution >= 4 is 29.3 Å². The Labute approximate surface area is 144 Å². The van der Waals surface area contributed by atoms with Gasteiger partial charge >= 0.3 is 0 Å². The second-order valence-electron chi connectivity index (χ2n) is 5.44. The van der Waals surface area contributed by atoms with E-state index in [1.165, 1.54) is 12.1 Å². The summed E-state index contributed by atoms with van der Waals surface area (Å²) in [7, 11) is 0. The molecule has 3 rings (SSSR count). The predicted molar refractivity (Wildman–Crippen MR) is 94.2 cm³/mol. The third-order valence-corrected chi connectivity index (χ3v) is 4.77. The Bertz CT molecular complexity index is 716. The SMILES string of the molecule is CSCC[C@H]1COC(c2cccn2Cc2ccc(F)cc2Cl)=N1. The van der Waals surface area contributed by atoms with E-state index in [1.54, 1.807) is 6.07 Å². The van der Waals surface area contributed by atoms with Crippen LogP contribution in [0.1, 0.15) is 17.7 Å². The summed E-state index contributed by atoms with van der Waals surface area (Å²) in [6, 6.07) is 8.63. The Kier molecular flexibility index (Phi) is 5.28. The molecule has 2 heterocycles. The van der Waals surface area contributed by atoms with Gasteiger partial charge in [-0.15, -0.1) is 0 Å². The average molecular weight is 353 g/mol. The number of aromatic nitrogens is 1. The van der Waals surface area contributed by atoms with Gasteiger partial charge in [-0.25, -0.2) is 9.38 Å². The molecule has 0 aliphatic carbocycles. The number of hydrogen-bond acceptors (Lipinski definition) is 3. The number of aliphatic imine (C=N–C) groups is 1. The first-order valence-corrected chi connectivity index (χ1v) is 9.23. The summed E-state index contributed by atoms with van der Waals surface area (Å²) < 4.78 is 20.9. The summed E-state index contributed by atoms with van der Waals surface area (Å²) in [6.45, 7) is 1.19. The molecule has 1 atom stereocenters. The molecule has 122 valence electrons. The van der Waals surface area contributed by atoms with E-state index in [2.05, 4.69) is 11.2 Å². The lowest BCUT2D eigenvalue weighted by Crippen LogP contribution is -2.11. The highest BCUT2D eigenvalue weighted by Crippen LogP contribution is 2.21. The second-order valence-corrected chi connectivity index (χ2v) is 6.83. The summed E-state index contributed by atoms with van der Waals surface area (Å²) in [5, 5.41) is 0.428. The maximum absolute atomic E-state index is 13.2. The topological polar surface area (TPSA) is 26.5 Å². The molecule has 2 aromatic rings. The lowest BCUT2D eigenvalue weighted by atomic mass is 10.2. The van der Waals surface area contributed by atoms with E-state index in [4.69, 9.17) is 16.3 Å². The zero-order valence-corrected chi connectivity index (χ0v) is 14.4. The molecule has 0 fully saturated rings. The van der Waals surface area contributed by atoms with E-state index in [-0.39, 0.29) is 11.9 Å². The van der Waals surface area contributed by atoms with E-state index in [9.17, 15) is 4.39 Å². The maximum Gasteiger partial charge on any atom is 0.233 e. The summed E-state index contributed by atoms with van der Waals surface area (Å²) >= 11 is 7.94. The third kappa shape index (κ3) is 3.90. The van der Waals surface area contributed by atoms with Crippen LogP contribution in [0.3, 0.4) is 0 Å². The molecule has 0 spiro atoms. The highest BCUT2D eigenvalue weighted by molar-refractivity contribution is 7.98. The maximum atomic E-state index is 13.2. The van der Waals surface area contributed by atoms with E-state index in [1.807, 2.05) is 34.7 Å². The van der Waals surface area contributed by atoms with Crippen LogP contribution in [0.15, 0.2) is 41.5 Å². The molecular weight excluding hydrogens is 335 g/mol. The number of ether oxygens (including phenoxy) is 1. The van der Waals surface area contributed by atoms with Crippen LogP contribution in [0.5, 0.6) is 0 Å². The number of benzene rings is 1. The Hall–Kier alpha value is -1.46. The highest BCUT2D eigenvalue weighted by atomic mass is 35.5. The average Bonchev–Trinajstić information content (AvgIpc) is 3.16. The van der Waals surface area contributed by atoms with Crippen molar-refractivity contribution in [2.24, 2.45) is 4.99 Å². The van der Waals surface area contributed by atoms with Gasteiger partial charge in [0, 0.05) is 17.8 Å². The first-order valence-electron chi connectivity index (χ1n) is 7.46. The van der Waals surface area contributed by atoms with E-state index >= 15 is 0 Å². The number of nitrogens with zero attached hydrogens (tertiary/aromatic N) is 2. The van der Waals surface area contributed by atoms with E-state index in [0.717, 1.165) is 23.4 Å². The van der Waals surface area contributed by atoms with Crippen molar-refractivity contribution in [3.05, 3.63) is 58.6 Å². The highest BCUT2D eigenvalue weighted by Gasteiger charge is 2.22. The molecule has 0 saturated heterocycles. The first-order chi connectivity index (χ1) is 11.2. The molecule has 3 nitrogen and oxygen atoms in total. The minimum absolute atomic E-state index is 0.232. The van der Waals surface area contributed by atoms with Gasteiger partial charge in [-0.3, -0.25) is 0 Å². The molecule has 1 aliphatic rings. The summed E-state index contributed by atoms with van der Waals surface area (Å²) in [6.07, 6.45) is 5.07. The van der Waals surface area contributed by atoms with Gasteiger partial charge in [-0.05, 0) is 48.3 Å². The Morgan fingerprint density at radius 1 is 1.43 bits per heavy atom. The van der Waals surface area contributed by atoms with Gasteiger partial charge in [-0.1, -0.05) is 17.7 Å². The number of halogens is 2. The lowest BCUT2D eigenvalue weighted by molar-refractivity contribution is 0.314. The van der Waals surface area contributed by atoms with Gasteiger partial charge in [0.15, 0.2) is 0 Å². The van der Waals surface area contributed by atoms with Crippen molar-refractivity contribution in [1.82, 2.24) is 4.57 Å². The first kappa shape index (κ1) is 16.4. The Morgan fingerprint density at radius 2 is 2.30 bits per heavy atom. The van der Waals surface area contributed by atoms with Crippen molar-refractivity contribution in [3.63, 3.8) is 0 Å². The summed E-state index contributed by atoms with van der Waals surface area (Å²) in [4.78, 5) is 4.67. The van der Waals surface area contributed by atoms with Crippen molar-refractivity contribution < 1.29 is 9.13 Å². The third-order valence-electron chi connectivity index (χ3n) is 3.77. The van der Waals surface area contributed by atoms with Gasteiger partial charge in [0.25, 0.3) is 0 Å². The van der Waals surface area contributed by atoms with Crippen LogP contribution in [-0.2, 0) is 11.3 Å². The second kappa shape index (κ2) is 7.41. The molecule has 0 radical (unpaired) electrons. The van der Waals surface area contributed by atoms with Gasteiger partial charge in [0.05, 0.1) is 6.04 Å². The van der Waals surface area contributed by atoms with Crippen LogP contribution < -0.4 is 0 Å². The van der Waals surface area contributed by atoms with Crippen molar-refractivity contribution in [2.45, 2.75) is 19.0 Å². The van der Waals surface area contributed by atoms with Crippen molar-refractivity contribution in [2.75, 3.05) is 18.6 Å². The number of rotatable bonds is 6.